The zero-order valence-electron chi connectivity index (χ0n) is 8.17. The van der Waals surface area contributed by atoms with E-state index in [9.17, 15) is 0 Å². The van der Waals surface area contributed by atoms with Gasteiger partial charge in [-0.3, -0.25) is 0 Å². The van der Waals surface area contributed by atoms with Gasteiger partial charge in [0, 0.05) is 11.2 Å². The number of hydrogen-bond donors (Lipinski definition) is 2. The largest absolute Gasteiger partial charge is 0.399 e. The Hall–Kier alpha value is -1.02. The van der Waals surface area contributed by atoms with Gasteiger partial charge in [0.15, 0.2) is 0 Å². The SMILES string of the molecule is CC1c2ccc(N)cc2CC1(C)N. The summed E-state index contributed by atoms with van der Waals surface area (Å²) in [7, 11) is 0. The lowest BCUT2D eigenvalue weighted by Gasteiger charge is -2.23. The fourth-order valence-electron chi connectivity index (χ4n) is 2.12. The summed E-state index contributed by atoms with van der Waals surface area (Å²) >= 11 is 0. The van der Waals surface area contributed by atoms with Crippen LogP contribution in [0.1, 0.15) is 30.9 Å². The summed E-state index contributed by atoms with van der Waals surface area (Å²) in [4.78, 5) is 0. The van der Waals surface area contributed by atoms with E-state index in [2.05, 4.69) is 19.9 Å². The Morgan fingerprint density at radius 2 is 2.15 bits per heavy atom. The molecule has 2 heteroatoms. The van der Waals surface area contributed by atoms with Crippen molar-refractivity contribution in [3.63, 3.8) is 0 Å². The third kappa shape index (κ3) is 1.22. The van der Waals surface area contributed by atoms with Gasteiger partial charge in [-0.2, -0.15) is 0 Å². The van der Waals surface area contributed by atoms with Crippen molar-refractivity contribution >= 4 is 5.69 Å². The molecule has 0 aromatic heterocycles. The molecule has 0 saturated carbocycles. The second-order valence-electron chi connectivity index (χ2n) is 4.36. The van der Waals surface area contributed by atoms with Gasteiger partial charge >= 0.3 is 0 Å². The van der Waals surface area contributed by atoms with Crippen LogP contribution >= 0.6 is 0 Å². The highest BCUT2D eigenvalue weighted by Crippen LogP contribution is 2.39. The van der Waals surface area contributed by atoms with Crippen LogP contribution in [0, 0.1) is 0 Å². The number of nitrogen functional groups attached to an aromatic ring is 1. The topological polar surface area (TPSA) is 52.0 Å². The molecule has 0 aliphatic heterocycles. The molecule has 1 aliphatic carbocycles. The summed E-state index contributed by atoms with van der Waals surface area (Å²) in [5, 5.41) is 0. The van der Waals surface area contributed by atoms with Crippen molar-refractivity contribution in [2.75, 3.05) is 5.73 Å². The Kier molecular flexibility index (Phi) is 1.64. The van der Waals surface area contributed by atoms with Crippen LogP contribution in [0.4, 0.5) is 5.69 Å². The van der Waals surface area contributed by atoms with Crippen molar-refractivity contribution in [3.8, 4) is 0 Å². The van der Waals surface area contributed by atoms with Gasteiger partial charge in [-0.1, -0.05) is 13.0 Å². The Bertz CT molecular complexity index is 342. The van der Waals surface area contributed by atoms with Crippen LogP contribution in [0.3, 0.4) is 0 Å². The fourth-order valence-corrected chi connectivity index (χ4v) is 2.12. The molecule has 0 heterocycles. The van der Waals surface area contributed by atoms with E-state index < -0.39 is 0 Å². The van der Waals surface area contributed by atoms with Crippen LogP contribution in [-0.2, 0) is 6.42 Å². The quantitative estimate of drug-likeness (QED) is 0.590. The molecule has 2 nitrogen and oxygen atoms in total. The monoisotopic (exact) mass is 176 g/mol. The van der Waals surface area contributed by atoms with Crippen molar-refractivity contribution in [1.82, 2.24) is 0 Å². The molecule has 2 atom stereocenters. The Labute approximate surface area is 78.9 Å². The Balaban J connectivity index is 2.50. The number of hydrogen-bond acceptors (Lipinski definition) is 2. The van der Waals surface area contributed by atoms with E-state index in [0.717, 1.165) is 12.1 Å². The van der Waals surface area contributed by atoms with Crippen LogP contribution in [0.25, 0.3) is 0 Å². The van der Waals surface area contributed by atoms with Gasteiger partial charge in [-0.15, -0.1) is 0 Å². The first-order valence-corrected chi connectivity index (χ1v) is 4.68. The minimum atomic E-state index is -0.101. The first-order chi connectivity index (χ1) is 6.00. The van der Waals surface area contributed by atoms with Crippen LogP contribution < -0.4 is 11.5 Å². The fraction of sp³-hybridized carbons (Fsp3) is 0.455. The van der Waals surface area contributed by atoms with Crippen LogP contribution in [0.2, 0.25) is 0 Å². The molecule has 0 saturated heterocycles. The zero-order valence-corrected chi connectivity index (χ0v) is 8.17. The van der Waals surface area contributed by atoms with Crippen LogP contribution in [0.15, 0.2) is 18.2 Å². The van der Waals surface area contributed by atoms with Gasteiger partial charge in [0.25, 0.3) is 0 Å². The molecule has 0 spiro atoms. The number of anilines is 1. The predicted octanol–water partition coefficient (Wildman–Crippen LogP) is 1.65. The van der Waals surface area contributed by atoms with E-state index in [1.165, 1.54) is 11.1 Å². The minimum absolute atomic E-state index is 0.101. The zero-order chi connectivity index (χ0) is 9.64. The highest BCUT2D eigenvalue weighted by molar-refractivity contribution is 5.50. The third-order valence-electron chi connectivity index (χ3n) is 3.19. The molecular formula is C11H16N2. The molecule has 2 rings (SSSR count). The molecule has 0 amide bonds. The summed E-state index contributed by atoms with van der Waals surface area (Å²) in [6, 6.07) is 6.11. The van der Waals surface area contributed by atoms with Gasteiger partial charge in [0.1, 0.15) is 0 Å². The van der Waals surface area contributed by atoms with Crippen molar-refractivity contribution < 1.29 is 0 Å². The maximum absolute atomic E-state index is 6.18. The first-order valence-electron chi connectivity index (χ1n) is 4.68. The summed E-state index contributed by atoms with van der Waals surface area (Å²) in [5.74, 6) is 0.433. The summed E-state index contributed by atoms with van der Waals surface area (Å²) in [6.07, 6.45) is 0.939. The predicted molar refractivity (Wildman–Crippen MR) is 55.6 cm³/mol. The lowest BCUT2D eigenvalue weighted by molar-refractivity contribution is 0.428. The number of rotatable bonds is 0. The molecule has 1 aliphatic rings. The molecule has 1 aromatic carbocycles. The van der Waals surface area contributed by atoms with Crippen molar-refractivity contribution in [2.24, 2.45) is 5.73 Å². The van der Waals surface area contributed by atoms with Crippen molar-refractivity contribution in [3.05, 3.63) is 29.3 Å². The molecule has 2 unspecified atom stereocenters. The molecule has 4 N–H and O–H groups in total. The lowest BCUT2D eigenvalue weighted by atomic mass is 9.89. The lowest BCUT2D eigenvalue weighted by Crippen LogP contribution is -2.39. The molecule has 13 heavy (non-hydrogen) atoms. The van der Waals surface area contributed by atoms with E-state index in [-0.39, 0.29) is 5.54 Å². The number of nitrogens with two attached hydrogens (primary N) is 2. The average molecular weight is 176 g/mol. The van der Waals surface area contributed by atoms with Gasteiger partial charge in [-0.05, 0) is 42.5 Å². The van der Waals surface area contributed by atoms with Gasteiger partial charge < -0.3 is 11.5 Å². The normalized spacial score (nSPS) is 31.8. The molecular weight excluding hydrogens is 160 g/mol. The standard InChI is InChI=1S/C11H16N2/c1-7-10-4-3-9(12)5-8(10)6-11(7,2)13/h3-5,7H,6,12-13H2,1-2H3. The minimum Gasteiger partial charge on any atom is -0.399 e. The highest BCUT2D eigenvalue weighted by Gasteiger charge is 2.36. The first kappa shape index (κ1) is 8.57. The highest BCUT2D eigenvalue weighted by atomic mass is 14.8. The van der Waals surface area contributed by atoms with E-state index in [4.69, 9.17) is 11.5 Å². The van der Waals surface area contributed by atoms with E-state index in [1.54, 1.807) is 0 Å². The Morgan fingerprint density at radius 1 is 1.46 bits per heavy atom. The average Bonchev–Trinajstić information content (AvgIpc) is 2.22. The van der Waals surface area contributed by atoms with Gasteiger partial charge in [0.05, 0.1) is 0 Å². The number of benzene rings is 1. The second kappa shape index (κ2) is 2.48. The summed E-state index contributed by atoms with van der Waals surface area (Å²) in [6.45, 7) is 4.29. The summed E-state index contributed by atoms with van der Waals surface area (Å²) < 4.78 is 0. The summed E-state index contributed by atoms with van der Waals surface area (Å²) in [5.41, 5.74) is 15.3. The van der Waals surface area contributed by atoms with Gasteiger partial charge in [0.2, 0.25) is 0 Å². The Morgan fingerprint density at radius 3 is 2.85 bits per heavy atom. The molecule has 0 fully saturated rings. The van der Waals surface area contributed by atoms with Gasteiger partial charge in [-0.25, -0.2) is 0 Å². The number of fused-ring (bicyclic) bond motifs is 1. The smallest absolute Gasteiger partial charge is 0.0316 e. The molecule has 1 aromatic rings. The van der Waals surface area contributed by atoms with Crippen molar-refractivity contribution in [2.45, 2.75) is 31.7 Å². The van der Waals surface area contributed by atoms with Crippen LogP contribution in [-0.4, -0.2) is 5.54 Å². The molecule has 0 radical (unpaired) electrons. The third-order valence-corrected chi connectivity index (χ3v) is 3.19. The van der Waals surface area contributed by atoms with Crippen molar-refractivity contribution in [1.29, 1.82) is 0 Å². The second-order valence-corrected chi connectivity index (χ2v) is 4.36. The molecule has 0 bridgehead atoms. The van der Waals surface area contributed by atoms with E-state index in [1.807, 2.05) is 12.1 Å². The van der Waals surface area contributed by atoms with E-state index in [0.29, 0.717) is 5.92 Å². The van der Waals surface area contributed by atoms with Crippen LogP contribution in [0.5, 0.6) is 0 Å². The van der Waals surface area contributed by atoms with E-state index >= 15 is 0 Å². The molecule has 70 valence electrons. The maximum atomic E-state index is 6.18. The maximum Gasteiger partial charge on any atom is 0.0316 e.